The number of amides is 1. The lowest BCUT2D eigenvalue weighted by atomic mass is 9.99. The van der Waals surface area contributed by atoms with Gasteiger partial charge in [-0.2, -0.15) is 0 Å². The first-order valence-electron chi connectivity index (χ1n) is 7.51. The molecule has 0 aromatic carbocycles. The third kappa shape index (κ3) is 3.03. The average molecular weight is 331 g/mol. The van der Waals surface area contributed by atoms with Crippen molar-refractivity contribution in [2.45, 2.75) is 43.1 Å². The Bertz CT molecular complexity index is 459. The van der Waals surface area contributed by atoms with E-state index in [0.29, 0.717) is 6.54 Å². The van der Waals surface area contributed by atoms with Crippen LogP contribution in [0.5, 0.6) is 0 Å². The molecule has 3 N–H and O–H groups in total. The number of likely N-dealkylation sites (tertiary alicyclic amines) is 1. The number of alkyl carbamates (subject to hydrolysis) is 1. The van der Waals surface area contributed by atoms with E-state index < -0.39 is 30.4 Å². The van der Waals surface area contributed by atoms with Crippen LogP contribution in [0, 0.1) is 0 Å². The summed E-state index contributed by atoms with van der Waals surface area (Å²) in [7, 11) is 0. The van der Waals surface area contributed by atoms with Crippen molar-refractivity contribution in [1.29, 1.82) is 0 Å². The monoisotopic (exact) mass is 331 g/mol. The summed E-state index contributed by atoms with van der Waals surface area (Å²) >= 11 is 1.46. The van der Waals surface area contributed by atoms with Crippen molar-refractivity contribution in [1.82, 2.24) is 10.2 Å². The van der Waals surface area contributed by atoms with E-state index in [1.165, 1.54) is 11.8 Å². The third-order valence-electron chi connectivity index (χ3n) is 3.98. The number of nitrogens with one attached hydrogen (secondary N) is 1. The smallest absolute Gasteiger partial charge is 0.407 e. The Kier molecular flexibility index (Phi) is 4.76. The first-order chi connectivity index (χ1) is 10.6. The normalized spacial score (nSPS) is 37.1. The number of ether oxygens (including phenoxy) is 2. The van der Waals surface area contributed by atoms with Crippen LogP contribution in [-0.4, -0.2) is 82.4 Å². The second-order valence-corrected chi connectivity index (χ2v) is 6.58. The molecule has 3 heterocycles. The van der Waals surface area contributed by atoms with Gasteiger partial charge in [0.1, 0.15) is 36.4 Å². The molecule has 0 spiro atoms. The lowest BCUT2D eigenvalue weighted by Gasteiger charge is -2.37. The first-order valence-corrected chi connectivity index (χ1v) is 8.39. The van der Waals surface area contributed by atoms with Crippen molar-refractivity contribution < 1.29 is 24.5 Å². The quantitative estimate of drug-likeness (QED) is 0.632. The molecule has 9 heteroatoms. The second-order valence-electron chi connectivity index (χ2n) is 5.51. The number of aliphatic hydroxyl groups is 2. The van der Waals surface area contributed by atoms with Crippen LogP contribution >= 0.6 is 11.8 Å². The van der Waals surface area contributed by atoms with Crippen molar-refractivity contribution in [3.05, 3.63) is 0 Å². The Balaban J connectivity index is 1.58. The molecule has 22 heavy (non-hydrogen) atoms. The predicted molar refractivity (Wildman–Crippen MR) is 80.7 cm³/mol. The van der Waals surface area contributed by atoms with E-state index in [1.807, 2.05) is 0 Å². The van der Waals surface area contributed by atoms with Gasteiger partial charge in [0, 0.05) is 19.6 Å². The summed E-state index contributed by atoms with van der Waals surface area (Å²) < 4.78 is 10.8. The molecule has 0 aromatic rings. The largest absolute Gasteiger partial charge is 0.447 e. The summed E-state index contributed by atoms with van der Waals surface area (Å²) in [5.74, 6) is 0. The molecule has 0 aromatic heterocycles. The van der Waals surface area contributed by atoms with Gasteiger partial charge in [-0.25, -0.2) is 4.79 Å². The fraction of sp³-hybridized carbons (Fsp3) is 0.846. The third-order valence-corrected chi connectivity index (χ3v) is 5.17. The summed E-state index contributed by atoms with van der Waals surface area (Å²) in [4.78, 5) is 17.9. The van der Waals surface area contributed by atoms with E-state index in [-0.39, 0.29) is 12.0 Å². The minimum absolute atomic E-state index is 0.104. The van der Waals surface area contributed by atoms with Crippen LogP contribution < -0.4 is 5.32 Å². The average Bonchev–Trinajstić information content (AvgIpc) is 2.83. The fourth-order valence-corrected chi connectivity index (χ4v) is 3.85. The Morgan fingerprint density at radius 1 is 1.50 bits per heavy atom. The molecule has 2 saturated heterocycles. The number of aliphatic hydroxyl groups excluding tert-OH is 2. The number of hydrogen-bond donors (Lipinski definition) is 3. The predicted octanol–water partition coefficient (Wildman–Crippen LogP) is -0.644. The fourth-order valence-electron chi connectivity index (χ4n) is 2.57. The molecule has 5 atom stereocenters. The maximum atomic E-state index is 11.3. The minimum Gasteiger partial charge on any atom is -0.447 e. The Morgan fingerprint density at radius 3 is 2.91 bits per heavy atom. The van der Waals surface area contributed by atoms with Crippen LogP contribution in [0.2, 0.25) is 0 Å². The molecule has 3 rings (SSSR count). The Morgan fingerprint density at radius 2 is 2.27 bits per heavy atom. The number of aliphatic imine (C=N–C) groups is 1. The maximum absolute atomic E-state index is 11.3. The lowest BCUT2D eigenvalue weighted by molar-refractivity contribution is -0.164. The summed E-state index contributed by atoms with van der Waals surface area (Å²) in [6, 6.07) is -0.476. The van der Waals surface area contributed by atoms with Gasteiger partial charge in [0.2, 0.25) is 0 Å². The summed E-state index contributed by atoms with van der Waals surface area (Å²) in [6.07, 6.45) is -2.32. The van der Waals surface area contributed by atoms with Crippen LogP contribution in [0.3, 0.4) is 0 Å². The van der Waals surface area contributed by atoms with Gasteiger partial charge in [-0.05, 0) is 13.3 Å². The summed E-state index contributed by atoms with van der Waals surface area (Å²) in [6.45, 7) is 4.07. The topological polar surface area (TPSA) is 104 Å². The lowest BCUT2D eigenvalue weighted by Crippen LogP contribution is -2.56. The highest BCUT2D eigenvalue weighted by Gasteiger charge is 2.49. The highest BCUT2D eigenvalue weighted by molar-refractivity contribution is 8.14. The summed E-state index contributed by atoms with van der Waals surface area (Å²) in [5.41, 5.74) is -0.350. The van der Waals surface area contributed by atoms with E-state index in [9.17, 15) is 15.0 Å². The van der Waals surface area contributed by atoms with Gasteiger partial charge in [0.15, 0.2) is 5.17 Å². The molecule has 3 aliphatic heterocycles. The standard InChI is InChI=1S/C13H21N3O5S/c1-2-14-13(19)20-6-7-9(17)10(18)8-11(21-7)22-12(15-8)16-4-3-5-16/h7-11,17-18H,2-6H2,1H3,(H,14,19)/t7-,8-,9-,10-,11-/m1/s1. The SMILES string of the molecule is CCNC(=O)OC[C@H]1O[C@@H]2SC(N3CCC3)=N[C@@H]2[C@@H](O)[C@@H]1O. The molecule has 0 radical (unpaired) electrons. The highest BCUT2D eigenvalue weighted by atomic mass is 32.2. The van der Waals surface area contributed by atoms with Crippen LogP contribution in [0.25, 0.3) is 0 Å². The van der Waals surface area contributed by atoms with Crippen molar-refractivity contribution in [3.63, 3.8) is 0 Å². The Hall–Kier alpha value is -1.03. The van der Waals surface area contributed by atoms with Gasteiger partial charge < -0.3 is 29.9 Å². The molecule has 0 aliphatic carbocycles. The van der Waals surface area contributed by atoms with Crippen LogP contribution in [-0.2, 0) is 9.47 Å². The van der Waals surface area contributed by atoms with Gasteiger partial charge in [-0.1, -0.05) is 11.8 Å². The van der Waals surface area contributed by atoms with E-state index in [1.54, 1.807) is 6.92 Å². The zero-order valence-corrected chi connectivity index (χ0v) is 13.2. The zero-order chi connectivity index (χ0) is 15.7. The van der Waals surface area contributed by atoms with Crippen LogP contribution in [0.4, 0.5) is 4.79 Å². The number of fused-ring (bicyclic) bond motifs is 1. The van der Waals surface area contributed by atoms with Gasteiger partial charge in [0.05, 0.1) is 0 Å². The molecule has 0 bridgehead atoms. The van der Waals surface area contributed by atoms with Gasteiger partial charge in [0.25, 0.3) is 0 Å². The van der Waals surface area contributed by atoms with Gasteiger partial charge in [-0.3, -0.25) is 4.99 Å². The van der Waals surface area contributed by atoms with Crippen molar-refractivity contribution in [3.8, 4) is 0 Å². The van der Waals surface area contributed by atoms with Gasteiger partial charge in [-0.15, -0.1) is 0 Å². The molecule has 1 amide bonds. The number of thioether (sulfide) groups is 1. The highest BCUT2D eigenvalue weighted by Crippen LogP contribution is 2.38. The van der Waals surface area contributed by atoms with E-state index in [4.69, 9.17) is 9.47 Å². The number of hydrogen-bond acceptors (Lipinski definition) is 8. The van der Waals surface area contributed by atoms with Crippen LogP contribution in [0.1, 0.15) is 13.3 Å². The minimum atomic E-state index is -1.13. The molecule has 0 unspecified atom stereocenters. The van der Waals surface area contributed by atoms with Gasteiger partial charge >= 0.3 is 6.09 Å². The van der Waals surface area contributed by atoms with Crippen molar-refractivity contribution in [2.75, 3.05) is 26.2 Å². The van der Waals surface area contributed by atoms with Crippen molar-refractivity contribution >= 4 is 23.0 Å². The number of nitrogens with zero attached hydrogens (tertiary/aromatic N) is 2. The Labute approximate surface area is 132 Å². The number of rotatable bonds is 3. The van der Waals surface area contributed by atoms with E-state index >= 15 is 0 Å². The summed E-state index contributed by atoms with van der Waals surface area (Å²) in [5, 5.41) is 23.8. The molecular formula is C13H21N3O5S. The molecule has 0 saturated carbocycles. The maximum Gasteiger partial charge on any atom is 0.407 e. The molecular weight excluding hydrogens is 310 g/mol. The number of carbonyl (C=O) groups excluding carboxylic acids is 1. The first kappa shape index (κ1) is 15.9. The number of amidine groups is 1. The zero-order valence-electron chi connectivity index (χ0n) is 12.3. The van der Waals surface area contributed by atoms with Crippen molar-refractivity contribution in [2.24, 2.45) is 4.99 Å². The molecule has 2 fully saturated rings. The molecule has 124 valence electrons. The second kappa shape index (κ2) is 6.61. The van der Waals surface area contributed by atoms with Crippen LogP contribution in [0.15, 0.2) is 4.99 Å². The molecule has 3 aliphatic rings. The van der Waals surface area contributed by atoms with E-state index in [0.717, 1.165) is 24.7 Å². The number of carbonyl (C=O) groups is 1. The van der Waals surface area contributed by atoms with E-state index in [2.05, 4.69) is 15.2 Å². The molecule has 8 nitrogen and oxygen atoms in total.